The van der Waals surface area contributed by atoms with Gasteiger partial charge in [0.2, 0.25) is 5.91 Å². The molecule has 0 spiro atoms. The zero-order valence-corrected chi connectivity index (χ0v) is 16.7. The molecule has 2 aromatic carbocycles. The molecular weight excluding hydrogens is 355 g/mol. The molecule has 2 aromatic rings. The van der Waals surface area contributed by atoms with Gasteiger partial charge in [0.15, 0.2) is 0 Å². The van der Waals surface area contributed by atoms with Gasteiger partial charge in [-0.15, -0.1) is 0 Å². The number of nitrogens with one attached hydrogen (secondary N) is 1. The molecule has 28 heavy (non-hydrogen) atoms. The van der Waals surface area contributed by atoms with Crippen LogP contribution in [0.4, 0.5) is 4.39 Å². The lowest BCUT2D eigenvalue weighted by atomic mass is 9.95. The fraction of sp³-hybridized carbons (Fsp3) is 0.435. The van der Waals surface area contributed by atoms with Gasteiger partial charge in [-0.3, -0.25) is 9.69 Å². The summed E-state index contributed by atoms with van der Waals surface area (Å²) >= 11 is 0. The molecule has 4 nitrogen and oxygen atoms in total. The molecule has 1 aliphatic heterocycles. The molecule has 1 heterocycles. The van der Waals surface area contributed by atoms with E-state index >= 15 is 0 Å². The van der Waals surface area contributed by atoms with Crippen LogP contribution in [0.25, 0.3) is 0 Å². The van der Waals surface area contributed by atoms with Crippen molar-refractivity contribution in [2.24, 2.45) is 5.92 Å². The number of nitrogens with zero attached hydrogens (tertiary/aromatic N) is 1. The molecular formula is C23H29FN2O2. The van der Waals surface area contributed by atoms with Gasteiger partial charge < -0.3 is 10.1 Å². The Morgan fingerprint density at radius 3 is 2.57 bits per heavy atom. The van der Waals surface area contributed by atoms with E-state index in [0.717, 1.165) is 55.8 Å². The van der Waals surface area contributed by atoms with Crippen molar-refractivity contribution in [2.45, 2.75) is 38.8 Å². The molecule has 1 fully saturated rings. The van der Waals surface area contributed by atoms with E-state index < -0.39 is 0 Å². The second-order valence-electron chi connectivity index (χ2n) is 7.44. The average molecular weight is 384 g/mol. The Morgan fingerprint density at radius 1 is 1.21 bits per heavy atom. The van der Waals surface area contributed by atoms with Crippen molar-refractivity contribution in [1.29, 1.82) is 0 Å². The minimum Gasteiger partial charge on any atom is -0.497 e. The SMILES string of the molecule is CC[C@H](NC(=O)[C@H]1CCCN(Cc2ccc(F)cc2)C1)c1ccc(OC)cc1. The number of hydrogen-bond acceptors (Lipinski definition) is 3. The molecule has 5 heteroatoms. The molecule has 1 saturated heterocycles. The molecule has 1 N–H and O–H groups in total. The number of carbonyl (C=O) groups excluding carboxylic acids is 1. The van der Waals surface area contributed by atoms with Crippen LogP contribution in [0.5, 0.6) is 5.75 Å². The first-order valence-electron chi connectivity index (χ1n) is 10.00. The third kappa shape index (κ3) is 5.32. The number of amides is 1. The quantitative estimate of drug-likeness (QED) is 0.773. The van der Waals surface area contributed by atoms with E-state index in [4.69, 9.17) is 4.74 Å². The maximum Gasteiger partial charge on any atom is 0.224 e. The lowest BCUT2D eigenvalue weighted by Gasteiger charge is -2.33. The van der Waals surface area contributed by atoms with Crippen molar-refractivity contribution >= 4 is 5.91 Å². The van der Waals surface area contributed by atoms with E-state index in [1.807, 2.05) is 36.4 Å². The Balaban J connectivity index is 1.58. The van der Waals surface area contributed by atoms with Gasteiger partial charge in [0.1, 0.15) is 11.6 Å². The predicted octanol–water partition coefficient (Wildman–Crippen LogP) is 4.31. The number of ether oxygens (including phenoxy) is 1. The zero-order valence-electron chi connectivity index (χ0n) is 16.7. The van der Waals surface area contributed by atoms with E-state index in [1.165, 1.54) is 12.1 Å². The molecule has 0 bridgehead atoms. The van der Waals surface area contributed by atoms with Crippen molar-refractivity contribution in [2.75, 3.05) is 20.2 Å². The standard InChI is InChI=1S/C23H29FN2O2/c1-3-22(18-8-12-21(28-2)13-9-18)25-23(27)19-5-4-14-26(16-19)15-17-6-10-20(24)11-7-17/h6-13,19,22H,3-5,14-16H2,1-2H3,(H,25,27)/t19-,22-/m0/s1. The van der Waals surface area contributed by atoms with E-state index in [9.17, 15) is 9.18 Å². The topological polar surface area (TPSA) is 41.6 Å². The number of hydrogen-bond donors (Lipinski definition) is 1. The highest BCUT2D eigenvalue weighted by Crippen LogP contribution is 2.23. The maximum absolute atomic E-state index is 13.1. The summed E-state index contributed by atoms with van der Waals surface area (Å²) in [6, 6.07) is 14.5. The average Bonchev–Trinajstić information content (AvgIpc) is 2.74. The number of likely N-dealkylation sites (tertiary alicyclic amines) is 1. The van der Waals surface area contributed by atoms with Crippen LogP contribution >= 0.6 is 0 Å². The Labute approximate surface area is 166 Å². The summed E-state index contributed by atoms with van der Waals surface area (Å²) in [7, 11) is 1.65. The van der Waals surface area contributed by atoms with E-state index in [-0.39, 0.29) is 23.7 Å². The lowest BCUT2D eigenvalue weighted by molar-refractivity contribution is -0.127. The van der Waals surface area contributed by atoms with Crippen LogP contribution in [-0.4, -0.2) is 31.0 Å². The van der Waals surface area contributed by atoms with E-state index in [1.54, 1.807) is 7.11 Å². The van der Waals surface area contributed by atoms with E-state index in [0.29, 0.717) is 0 Å². The highest BCUT2D eigenvalue weighted by molar-refractivity contribution is 5.79. The summed E-state index contributed by atoms with van der Waals surface area (Å²) in [5.74, 6) is 0.699. The Hall–Kier alpha value is -2.40. The van der Waals surface area contributed by atoms with Crippen LogP contribution in [0.3, 0.4) is 0 Å². The van der Waals surface area contributed by atoms with E-state index in [2.05, 4.69) is 17.1 Å². The van der Waals surface area contributed by atoms with Gasteiger partial charge in [-0.1, -0.05) is 31.2 Å². The molecule has 3 rings (SSSR count). The molecule has 1 amide bonds. The third-order valence-corrected chi connectivity index (χ3v) is 5.44. The van der Waals surface area contributed by atoms with Gasteiger partial charge in [-0.25, -0.2) is 4.39 Å². The van der Waals surface area contributed by atoms with Crippen LogP contribution in [0.1, 0.15) is 43.4 Å². The van der Waals surface area contributed by atoms with Gasteiger partial charge in [-0.05, 0) is 61.2 Å². The first kappa shape index (κ1) is 20.3. The van der Waals surface area contributed by atoms with Crippen molar-refractivity contribution < 1.29 is 13.9 Å². The summed E-state index contributed by atoms with van der Waals surface area (Å²) in [6.45, 7) is 4.54. The monoisotopic (exact) mass is 384 g/mol. The van der Waals surface area contributed by atoms with Crippen LogP contribution in [0.2, 0.25) is 0 Å². The third-order valence-electron chi connectivity index (χ3n) is 5.44. The van der Waals surface area contributed by atoms with Crippen molar-refractivity contribution in [3.05, 3.63) is 65.5 Å². The van der Waals surface area contributed by atoms with Gasteiger partial charge in [-0.2, -0.15) is 0 Å². The van der Waals surface area contributed by atoms with Crippen LogP contribution in [0, 0.1) is 11.7 Å². The molecule has 150 valence electrons. The highest BCUT2D eigenvalue weighted by atomic mass is 19.1. The summed E-state index contributed by atoms with van der Waals surface area (Å²) < 4.78 is 18.3. The van der Waals surface area contributed by atoms with Crippen LogP contribution < -0.4 is 10.1 Å². The Bertz CT molecular complexity index is 761. The number of halogens is 1. The molecule has 0 aromatic heterocycles. The highest BCUT2D eigenvalue weighted by Gasteiger charge is 2.27. The predicted molar refractivity (Wildman–Crippen MR) is 109 cm³/mol. The molecule has 0 radical (unpaired) electrons. The van der Waals surface area contributed by atoms with Gasteiger partial charge >= 0.3 is 0 Å². The van der Waals surface area contributed by atoms with Crippen molar-refractivity contribution in [3.63, 3.8) is 0 Å². The number of rotatable bonds is 7. The molecule has 0 unspecified atom stereocenters. The molecule has 2 atom stereocenters. The second kappa shape index (κ2) is 9.69. The maximum atomic E-state index is 13.1. The zero-order chi connectivity index (χ0) is 19.9. The first-order valence-corrected chi connectivity index (χ1v) is 10.00. The number of benzene rings is 2. The van der Waals surface area contributed by atoms with Crippen molar-refractivity contribution in [1.82, 2.24) is 10.2 Å². The first-order chi connectivity index (χ1) is 13.6. The minimum absolute atomic E-state index is 0.00545. The minimum atomic E-state index is -0.219. The molecule has 0 aliphatic carbocycles. The number of methoxy groups -OCH3 is 1. The second-order valence-corrected chi connectivity index (χ2v) is 7.44. The number of carbonyl (C=O) groups is 1. The largest absolute Gasteiger partial charge is 0.497 e. The summed E-state index contributed by atoms with van der Waals surface area (Å²) in [6.07, 6.45) is 2.74. The Kier molecular flexibility index (Phi) is 7.04. The normalized spacial score (nSPS) is 18.5. The van der Waals surface area contributed by atoms with Crippen LogP contribution in [-0.2, 0) is 11.3 Å². The van der Waals surface area contributed by atoms with Gasteiger partial charge in [0.05, 0.1) is 19.1 Å². The van der Waals surface area contributed by atoms with Gasteiger partial charge in [0, 0.05) is 13.1 Å². The molecule has 0 saturated carbocycles. The van der Waals surface area contributed by atoms with Crippen molar-refractivity contribution in [3.8, 4) is 5.75 Å². The molecule has 1 aliphatic rings. The fourth-order valence-corrected chi connectivity index (χ4v) is 3.81. The summed E-state index contributed by atoms with van der Waals surface area (Å²) in [4.78, 5) is 15.2. The fourth-order valence-electron chi connectivity index (χ4n) is 3.81. The van der Waals surface area contributed by atoms with Crippen LogP contribution in [0.15, 0.2) is 48.5 Å². The number of piperidine rings is 1. The van der Waals surface area contributed by atoms with Gasteiger partial charge in [0.25, 0.3) is 0 Å². The summed E-state index contributed by atoms with van der Waals surface area (Å²) in [5.41, 5.74) is 2.17. The Morgan fingerprint density at radius 2 is 1.93 bits per heavy atom. The lowest BCUT2D eigenvalue weighted by Crippen LogP contribution is -2.43. The summed E-state index contributed by atoms with van der Waals surface area (Å²) in [5, 5.41) is 3.23. The smallest absolute Gasteiger partial charge is 0.224 e.